The van der Waals surface area contributed by atoms with E-state index in [4.69, 9.17) is 9.47 Å². The number of nitrogens with one attached hydrogen (secondary N) is 1. The van der Waals surface area contributed by atoms with E-state index in [9.17, 15) is 9.59 Å². The second-order valence-corrected chi connectivity index (χ2v) is 7.89. The fourth-order valence-corrected chi connectivity index (χ4v) is 3.64. The molecule has 33 heavy (non-hydrogen) atoms. The van der Waals surface area contributed by atoms with Crippen LogP contribution < -0.4 is 10.3 Å². The van der Waals surface area contributed by atoms with Gasteiger partial charge in [-0.2, -0.15) is 5.10 Å². The molecule has 9 heteroatoms. The number of rotatable bonds is 11. The number of thiazole rings is 1. The van der Waals surface area contributed by atoms with Crippen LogP contribution in [0.5, 0.6) is 0 Å². The number of aromatic nitrogens is 1. The molecule has 3 aromatic rings. The Kier molecular flexibility index (Phi) is 8.96. The molecule has 0 aliphatic heterocycles. The van der Waals surface area contributed by atoms with Crippen molar-refractivity contribution in [3.05, 3.63) is 65.5 Å². The average Bonchev–Trinajstić information content (AvgIpc) is 3.28. The molecule has 8 nitrogen and oxygen atoms in total. The van der Waals surface area contributed by atoms with Crippen LogP contribution in [0.3, 0.4) is 0 Å². The standard InChI is InChI=1S/C24H26N4O4S/c1-18(29)31-14-12-28(13-15-32-19(2)30)22-10-8-20(9-11-22)16-25-27-24-26-23(17-33-24)21-6-4-3-5-7-21/h3-11,16-17H,12-15H2,1-2H3,(H,26,27). The summed E-state index contributed by atoms with van der Waals surface area (Å²) in [7, 11) is 0. The van der Waals surface area contributed by atoms with Crippen LogP contribution in [0, 0.1) is 0 Å². The van der Waals surface area contributed by atoms with Gasteiger partial charge in [0.05, 0.1) is 25.0 Å². The summed E-state index contributed by atoms with van der Waals surface area (Å²) in [6, 6.07) is 17.7. The van der Waals surface area contributed by atoms with E-state index >= 15 is 0 Å². The predicted octanol–water partition coefficient (Wildman–Crippen LogP) is 4.19. The minimum atomic E-state index is -0.329. The van der Waals surface area contributed by atoms with Crippen molar-refractivity contribution in [1.29, 1.82) is 0 Å². The van der Waals surface area contributed by atoms with Crippen LogP contribution in [-0.2, 0) is 19.1 Å². The van der Waals surface area contributed by atoms with Crippen LogP contribution in [0.2, 0.25) is 0 Å². The molecule has 0 spiro atoms. The molecular weight excluding hydrogens is 440 g/mol. The summed E-state index contributed by atoms with van der Waals surface area (Å²) in [6.07, 6.45) is 1.72. The molecule has 1 N–H and O–H groups in total. The van der Waals surface area contributed by atoms with Gasteiger partial charge in [-0.3, -0.25) is 15.0 Å². The summed E-state index contributed by atoms with van der Waals surface area (Å²) in [4.78, 5) is 28.6. The van der Waals surface area contributed by atoms with E-state index < -0.39 is 0 Å². The molecule has 3 rings (SSSR count). The molecular formula is C24H26N4O4S. The van der Waals surface area contributed by atoms with Crippen molar-refractivity contribution in [2.75, 3.05) is 36.6 Å². The largest absolute Gasteiger partial charge is 0.464 e. The van der Waals surface area contributed by atoms with Gasteiger partial charge in [-0.15, -0.1) is 11.3 Å². The fraction of sp³-hybridized carbons (Fsp3) is 0.250. The second-order valence-electron chi connectivity index (χ2n) is 7.03. The zero-order chi connectivity index (χ0) is 23.5. The van der Waals surface area contributed by atoms with E-state index in [1.165, 1.54) is 25.2 Å². The molecule has 2 aromatic carbocycles. The number of nitrogens with zero attached hydrogens (tertiary/aromatic N) is 3. The van der Waals surface area contributed by atoms with Crippen molar-refractivity contribution in [1.82, 2.24) is 4.98 Å². The number of hydrogen-bond donors (Lipinski definition) is 1. The minimum Gasteiger partial charge on any atom is -0.464 e. The summed E-state index contributed by atoms with van der Waals surface area (Å²) >= 11 is 1.49. The molecule has 0 aliphatic carbocycles. The predicted molar refractivity (Wildman–Crippen MR) is 131 cm³/mol. The monoisotopic (exact) mass is 466 g/mol. The Balaban J connectivity index is 1.57. The van der Waals surface area contributed by atoms with Gasteiger partial charge >= 0.3 is 11.9 Å². The van der Waals surface area contributed by atoms with Gasteiger partial charge < -0.3 is 14.4 Å². The van der Waals surface area contributed by atoms with E-state index in [0.29, 0.717) is 18.2 Å². The number of ether oxygens (including phenoxy) is 2. The Morgan fingerprint density at radius 3 is 2.24 bits per heavy atom. The van der Waals surface area contributed by atoms with Crippen LogP contribution in [0.25, 0.3) is 11.3 Å². The lowest BCUT2D eigenvalue weighted by atomic mass is 10.2. The van der Waals surface area contributed by atoms with E-state index in [-0.39, 0.29) is 25.2 Å². The molecule has 0 bridgehead atoms. The van der Waals surface area contributed by atoms with Crippen molar-refractivity contribution in [2.45, 2.75) is 13.8 Å². The third-order valence-corrected chi connectivity index (χ3v) is 5.29. The topological polar surface area (TPSA) is 93.1 Å². The van der Waals surface area contributed by atoms with Gasteiger partial charge in [0.25, 0.3) is 0 Å². The quantitative estimate of drug-likeness (QED) is 0.257. The van der Waals surface area contributed by atoms with E-state index in [1.807, 2.05) is 64.9 Å². The third-order valence-electron chi connectivity index (χ3n) is 4.54. The molecule has 0 amide bonds. The van der Waals surface area contributed by atoms with Gasteiger partial charge in [0.2, 0.25) is 5.13 Å². The highest BCUT2D eigenvalue weighted by Gasteiger charge is 2.09. The van der Waals surface area contributed by atoms with E-state index in [1.54, 1.807) is 6.21 Å². The van der Waals surface area contributed by atoms with Crippen LogP contribution in [0.1, 0.15) is 19.4 Å². The van der Waals surface area contributed by atoms with Crippen molar-refractivity contribution in [3.8, 4) is 11.3 Å². The van der Waals surface area contributed by atoms with Crippen molar-refractivity contribution in [3.63, 3.8) is 0 Å². The van der Waals surface area contributed by atoms with Gasteiger partial charge in [-0.1, -0.05) is 42.5 Å². The zero-order valence-corrected chi connectivity index (χ0v) is 19.4. The molecule has 0 saturated heterocycles. The lowest BCUT2D eigenvalue weighted by Crippen LogP contribution is -2.31. The van der Waals surface area contributed by atoms with Gasteiger partial charge in [0, 0.05) is 30.5 Å². The number of esters is 2. The van der Waals surface area contributed by atoms with E-state index in [0.717, 1.165) is 22.5 Å². The number of anilines is 2. The fourth-order valence-electron chi connectivity index (χ4n) is 2.97. The number of hydrogen-bond acceptors (Lipinski definition) is 9. The van der Waals surface area contributed by atoms with Crippen molar-refractivity contribution >= 4 is 40.3 Å². The second kappa shape index (κ2) is 12.4. The lowest BCUT2D eigenvalue weighted by Gasteiger charge is -2.24. The van der Waals surface area contributed by atoms with Crippen LogP contribution in [0.15, 0.2) is 65.1 Å². The van der Waals surface area contributed by atoms with E-state index in [2.05, 4.69) is 15.5 Å². The van der Waals surface area contributed by atoms with Crippen LogP contribution >= 0.6 is 11.3 Å². The molecule has 172 valence electrons. The normalized spacial score (nSPS) is 10.7. The third kappa shape index (κ3) is 8.04. The first-order valence-corrected chi connectivity index (χ1v) is 11.3. The maximum Gasteiger partial charge on any atom is 0.302 e. The molecule has 0 saturated carbocycles. The first-order valence-electron chi connectivity index (χ1n) is 10.4. The Labute approximate surface area is 196 Å². The summed E-state index contributed by atoms with van der Waals surface area (Å²) in [5, 5.41) is 6.98. The first-order chi connectivity index (χ1) is 16.0. The van der Waals surface area contributed by atoms with Gasteiger partial charge in [0.15, 0.2) is 0 Å². The van der Waals surface area contributed by atoms with Gasteiger partial charge in [-0.05, 0) is 17.7 Å². The number of hydrazone groups is 1. The Morgan fingerprint density at radius 2 is 1.64 bits per heavy atom. The molecule has 0 unspecified atom stereocenters. The summed E-state index contributed by atoms with van der Waals surface area (Å²) < 4.78 is 10.1. The minimum absolute atomic E-state index is 0.251. The number of benzene rings is 2. The molecule has 0 atom stereocenters. The Hall–Kier alpha value is -3.72. The highest BCUT2D eigenvalue weighted by Crippen LogP contribution is 2.24. The highest BCUT2D eigenvalue weighted by atomic mass is 32.1. The zero-order valence-electron chi connectivity index (χ0n) is 18.6. The Morgan fingerprint density at radius 1 is 1.00 bits per heavy atom. The molecule has 0 fully saturated rings. The summed E-state index contributed by atoms with van der Waals surface area (Å²) in [6.45, 7) is 4.23. The van der Waals surface area contributed by atoms with Crippen molar-refractivity contribution in [2.24, 2.45) is 5.10 Å². The Bertz CT molecular complexity index is 1050. The average molecular weight is 467 g/mol. The SMILES string of the molecule is CC(=O)OCCN(CCOC(C)=O)c1ccc(C=NNc2nc(-c3ccccc3)cs2)cc1. The van der Waals surface area contributed by atoms with Crippen molar-refractivity contribution < 1.29 is 19.1 Å². The molecule has 0 aliphatic rings. The lowest BCUT2D eigenvalue weighted by molar-refractivity contribution is -0.141. The van der Waals surface area contributed by atoms with Crippen LogP contribution in [0.4, 0.5) is 10.8 Å². The maximum atomic E-state index is 11.1. The highest BCUT2D eigenvalue weighted by molar-refractivity contribution is 7.14. The molecule has 0 radical (unpaired) electrons. The summed E-state index contributed by atoms with van der Waals surface area (Å²) in [5.74, 6) is -0.657. The smallest absolute Gasteiger partial charge is 0.302 e. The summed E-state index contributed by atoms with van der Waals surface area (Å²) in [5.41, 5.74) is 6.77. The maximum absolute atomic E-state index is 11.1. The number of carbonyl (C=O) groups is 2. The van der Waals surface area contributed by atoms with Gasteiger partial charge in [0.1, 0.15) is 13.2 Å². The molecule has 1 aromatic heterocycles. The first kappa shape index (κ1) is 23.9. The number of carbonyl (C=O) groups excluding carboxylic acids is 2. The van der Waals surface area contributed by atoms with Gasteiger partial charge in [-0.25, -0.2) is 4.98 Å². The van der Waals surface area contributed by atoms with Crippen LogP contribution in [-0.4, -0.2) is 49.4 Å². The molecule has 1 heterocycles.